The Morgan fingerprint density at radius 3 is 2.59 bits per heavy atom. The van der Waals surface area contributed by atoms with E-state index in [1.54, 1.807) is 16.2 Å². The quantitative estimate of drug-likeness (QED) is 0.709. The lowest BCUT2D eigenvalue weighted by molar-refractivity contribution is -0.136. The predicted molar refractivity (Wildman–Crippen MR) is 115 cm³/mol. The maximum atomic E-state index is 12.6. The Morgan fingerprint density at radius 2 is 1.93 bits per heavy atom. The van der Waals surface area contributed by atoms with Crippen LogP contribution in [-0.4, -0.2) is 41.4 Å². The number of rotatable bonds is 8. The number of nitrogens with one attached hydrogen (secondary N) is 1. The number of hydrogen-bond acceptors (Lipinski definition) is 5. The molecule has 6 nitrogen and oxygen atoms in total. The van der Waals surface area contributed by atoms with Crippen LogP contribution >= 0.6 is 11.3 Å². The standard InChI is InChI=1S/C22H29N3O3S/c1-3-8-18-19(4-2)29-22(23-18)24-21(27)16-11-13-25(14-12-16)20(26)15-28-17-9-6-5-7-10-17/h5-7,9-10,16H,3-4,8,11-15H2,1-2H3,(H,23,24,27). The fourth-order valence-electron chi connectivity index (χ4n) is 3.50. The SMILES string of the molecule is CCCc1nc(NC(=O)C2CCN(C(=O)COc3ccccc3)CC2)sc1CC. The summed E-state index contributed by atoms with van der Waals surface area (Å²) in [6.07, 6.45) is 4.26. The molecule has 0 bridgehead atoms. The van der Waals surface area contributed by atoms with Crippen LogP contribution in [0.5, 0.6) is 5.75 Å². The molecule has 0 saturated carbocycles. The molecular formula is C22H29N3O3S. The van der Waals surface area contributed by atoms with Gasteiger partial charge in [0.1, 0.15) is 5.75 Å². The molecule has 2 aromatic rings. The van der Waals surface area contributed by atoms with Crippen molar-refractivity contribution in [2.45, 2.75) is 46.0 Å². The number of benzene rings is 1. The number of likely N-dealkylation sites (tertiary alicyclic amines) is 1. The first-order valence-corrected chi connectivity index (χ1v) is 11.2. The van der Waals surface area contributed by atoms with Crippen molar-refractivity contribution in [2.75, 3.05) is 25.0 Å². The van der Waals surface area contributed by atoms with Gasteiger partial charge in [-0.25, -0.2) is 4.98 Å². The molecule has 1 aromatic carbocycles. The molecule has 2 heterocycles. The minimum absolute atomic E-state index is 0.0112. The second kappa shape index (κ2) is 10.4. The normalized spacial score (nSPS) is 14.6. The number of ether oxygens (including phenoxy) is 1. The summed E-state index contributed by atoms with van der Waals surface area (Å²) >= 11 is 1.58. The molecule has 0 spiro atoms. The second-order valence-corrected chi connectivity index (χ2v) is 8.32. The van der Waals surface area contributed by atoms with E-state index in [0.717, 1.165) is 25.0 Å². The van der Waals surface area contributed by atoms with Gasteiger partial charge in [-0.2, -0.15) is 0 Å². The maximum Gasteiger partial charge on any atom is 0.260 e. The molecule has 156 valence electrons. The van der Waals surface area contributed by atoms with Crippen molar-refractivity contribution in [3.8, 4) is 5.75 Å². The van der Waals surface area contributed by atoms with E-state index in [4.69, 9.17) is 4.74 Å². The van der Waals surface area contributed by atoms with Crippen LogP contribution in [0.4, 0.5) is 5.13 Å². The van der Waals surface area contributed by atoms with E-state index in [1.165, 1.54) is 4.88 Å². The van der Waals surface area contributed by atoms with Crippen LogP contribution in [0, 0.1) is 5.92 Å². The zero-order chi connectivity index (χ0) is 20.6. The molecule has 1 aliphatic rings. The topological polar surface area (TPSA) is 71.5 Å². The minimum atomic E-state index is -0.0855. The number of hydrogen-bond donors (Lipinski definition) is 1. The zero-order valence-corrected chi connectivity index (χ0v) is 18.0. The second-order valence-electron chi connectivity index (χ2n) is 7.24. The van der Waals surface area contributed by atoms with Crippen molar-refractivity contribution in [2.24, 2.45) is 5.92 Å². The van der Waals surface area contributed by atoms with Gasteiger partial charge >= 0.3 is 0 Å². The monoisotopic (exact) mass is 415 g/mol. The molecule has 1 aliphatic heterocycles. The van der Waals surface area contributed by atoms with Gasteiger partial charge in [0.2, 0.25) is 5.91 Å². The molecule has 0 radical (unpaired) electrons. The van der Waals surface area contributed by atoms with Crippen LogP contribution < -0.4 is 10.1 Å². The summed E-state index contributed by atoms with van der Waals surface area (Å²) in [6, 6.07) is 9.32. The highest BCUT2D eigenvalue weighted by molar-refractivity contribution is 7.15. The Bertz CT molecular complexity index is 814. The van der Waals surface area contributed by atoms with Gasteiger partial charge in [-0.05, 0) is 37.8 Å². The summed E-state index contributed by atoms with van der Waals surface area (Å²) in [7, 11) is 0. The van der Waals surface area contributed by atoms with Crippen LogP contribution in [0.25, 0.3) is 0 Å². The van der Waals surface area contributed by atoms with Crippen LogP contribution in [0.2, 0.25) is 0 Å². The highest BCUT2D eigenvalue weighted by Gasteiger charge is 2.28. The average Bonchev–Trinajstić information content (AvgIpc) is 3.14. The molecule has 1 fully saturated rings. The number of aryl methyl sites for hydroxylation is 2. The summed E-state index contributed by atoms with van der Waals surface area (Å²) in [5.41, 5.74) is 1.11. The number of para-hydroxylation sites is 1. The van der Waals surface area contributed by atoms with Crippen molar-refractivity contribution in [1.82, 2.24) is 9.88 Å². The first-order valence-electron chi connectivity index (χ1n) is 10.4. The fourth-order valence-corrected chi connectivity index (χ4v) is 4.45. The Balaban J connectivity index is 1.46. The van der Waals surface area contributed by atoms with E-state index in [2.05, 4.69) is 24.1 Å². The number of carbonyl (C=O) groups excluding carboxylic acids is 2. The van der Waals surface area contributed by atoms with Gasteiger partial charge < -0.3 is 15.0 Å². The summed E-state index contributed by atoms with van der Waals surface area (Å²) in [4.78, 5) is 32.7. The highest BCUT2D eigenvalue weighted by atomic mass is 32.1. The van der Waals surface area contributed by atoms with E-state index in [9.17, 15) is 9.59 Å². The number of piperidine rings is 1. The first-order chi connectivity index (χ1) is 14.1. The lowest BCUT2D eigenvalue weighted by Gasteiger charge is -2.31. The van der Waals surface area contributed by atoms with Crippen molar-refractivity contribution in [3.05, 3.63) is 40.9 Å². The molecule has 0 unspecified atom stereocenters. The molecular weight excluding hydrogens is 386 g/mol. The van der Waals surface area contributed by atoms with Gasteiger partial charge in [-0.3, -0.25) is 9.59 Å². The van der Waals surface area contributed by atoms with Crippen molar-refractivity contribution >= 4 is 28.3 Å². The van der Waals surface area contributed by atoms with Gasteiger partial charge in [-0.15, -0.1) is 11.3 Å². The lowest BCUT2D eigenvalue weighted by Crippen LogP contribution is -2.43. The molecule has 29 heavy (non-hydrogen) atoms. The minimum Gasteiger partial charge on any atom is -0.484 e. The van der Waals surface area contributed by atoms with Crippen molar-refractivity contribution < 1.29 is 14.3 Å². The number of anilines is 1. The third-order valence-electron chi connectivity index (χ3n) is 5.14. The van der Waals surface area contributed by atoms with Crippen LogP contribution in [0.15, 0.2) is 30.3 Å². The van der Waals surface area contributed by atoms with Crippen molar-refractivity contribution in [1.29, 1.82) is 0 Å². The predicted octanol–water partition coefficient (Wildman–Crippen LogP) is 3.91. The fraction of sp³-hybridized carbons (Fsp3) is 0.500. The molecule has 3 rings (SSSR count). The third-order valence-corrected chi connectivity index (χ3v) is 6.30. The Kier molecular flexibility index (Phi) is 7.63. The Hall–Kier alpha value is -2.41. The molecule has 7 heteroatoms. The summed E-state index contributed by atoms with van der Waals surface area (Å²) in [5, 5.41) is 3.70. The van der Waals surface area contributed by atoms with Gasteiger partial charge in [-0.1, -0.05) is 38.5 Å². The number of amides is 2. The molecule has 0 atom stereocenters. The van der Waals surface area contributed by atoms with Crippen LogP contribution in [0.1, 0.15) is 43.7 Å². The number of carbonyl (C=O) groups is 2. The van der Waals surface area contributed by atoms with E-state index < -0.39 is 0 Å². The number of thiazole rings is 1. The number of nitrogens with zero attached hydrogens (tertiary/aromatic N) is 2. The molecule has 1 saturated heterocycles. The summed E-state index contributed by atoms with van der Waals surface area (Å²) < 4.78 is 5.54. The van der Waals surface area contributed by atoms with Crippen LogP contribution in [0.3, 0.4) is 0 Å². The zero-order valence-electron chi connectivity index (χ0n) is 17.1. The van der Waals surface area contributed by atoms with Gasteiger partial charge in [0.05, 0.1) is 5.69 Å². The van der Waals surface area contributed by atoms with Gasteiger partial charge in [0.25, 0.3) is 5.91 Å². The molecule has 1 N–H and O–H groups in total. The molecule has 0 aliphatic carbocycles. The largest absolute Gasteiger partial charge is 0.484 e. The Labute approximate surface area is 176 Å². The lowest BCUT2D eigenvalue weighted by atomic mass is 9.96. The van der Waals surface area contributed by atoms with Crippen molar-refractivity contribution in [3.63, 3.8) is 0 Å². The van der Waals surface area contributed by atoms with Gasteiger partial charge in [0, 0.05) is 23.9 Å². The van der Waals surface area contributed by atoms with Gasteiger partial charge in [0.15, 0.2) is 11.7 Å². The van der Waals surface area contributed by atoms with E-state index in [-0.39, 0.29) is 24.3 Å². The number of aromatic nitrogens is 1. The van der Waals surface area contributed by atoms with Crippen LogP contribution in [-0.2, 0) is 22.4 Å². The Morgan fingerprint density at radius 1 is 1.21 bits per heavy atom. The first kappa shape index (κ1) is 21.3. The maximum absolute atomic E-state index is 12.6. The smallest absolute Gasteiger partial charge is 0.260 e. The summed E-state index contributed by atoms with van der Waals surface area (Å²) in [6.45, 7) is 5.44. The van der Waals surface area contributed by atoms with E-state index >= 15 is 0 Å². The highest BCUT2D eigenvalue weighted by Crippen LogP contribution is 2.26. The van der Waals surface area contributed by atoms with E-state index in [1.807, 2.05) is 30.3 Å². The molecule has 1 aromatic heterocycles. The summed E-state index contributed by atoms with van der Waals surface area (Å²) in [5.74, 6) is 0.576. The van der Waals surface area contributed by atoms with E-state index in [0.29, 0.717) is 36.8 Å². The average molecular weight is 416 g/mol. The third kappa shape index (κ3) is 5.79. The molecule has 2 amide bonds.